The minimum atomic E-state index is 0.396. The van der Waals surface area contributed by atoms with Gasteiger partial charge in [0.1, 0.15) is 10.8 Å². The standard InChI is InChI=1S/C10H10ClN3OS/c1-15-8-4-6(11)2-3-7(8)10-14-13-9(5-12)16-10/h2-4H,5,12H2,1H3. The molecule has 84 valence electrons. The Balaban J connectivity index is 2.46. The smallest absolute Gasteiger partial charge is 0.151 e. The zero-order chi connectivity index (χ0) is 11.5. The Hall–Kier alpha value is -1.17. The lowest BCUT2D eigenvalue weighted by atomic mass is 10.2. The summed E-state index contributed by atoms with van der Waals surface area (Å²) >= 11 is 7.33. The number of halogens is 1. The highest BCUT2D eigenvalue weighted by Gasteiger charge is 2.11. The number of nitrogens with two attached hydrogens (primary N) is 1. The summed E-state index contributed by atoms with van der Waals surface area (Å²) in [7, 11) is 1.60. The van der Waals surface area contributed by atoms with Crippen LogP contribution in [0.3, 0.4) is 0 Å². The van der Waals surface area contributed by atoms with Gasteiger partial charge in [-0.15, -0.1) is 10.2 Å². The van der Waals surface area contributed by atoms with Gasteiger partial charge in [-0.1, -0.05) is 22.9 Å². The van der Waals surface area contributed by atoms with E-state index in [2.05, 4.69) is 10.2 Å². The van der Waals surface area contributed by atoms with Crippen molar-refractivity contribution in [2.24, 2.45) is 5.73 Å². The summed E-state index contributed by atoms with van der Waals surface area (Å²) < 4.78 is 5.25. The Morgan fingerprint density at radius 2 is 2.25 bits per heavy atom. The van der Waals surface area contributed by atoms with Crippen LogP contribution in [-0.4, -0.2) is 17.3 Å². The third-order valence-electron chi connectivity index (χ3n) is 2.04. The van der Waals surface area contributed by atoms with Crippen LogP contribution in [0.25, 0.3) is 10.6 Å². The molecule has 6 heteroatoms. The summed E-state index contributed by atoms with van der Waals surface area (Å²) in [6.45, 7) is 0.396. The third kappa shape index (κ3) is 2.16. The van der Waals surface area contributed by atoms with Gasteiger partial charge in [-0.3, -0.25) is 0 Å². The van der Waals surface area contributed by atoms with E-state index in [9.17, 15) is 0 Å². The second-order valence-electron chi connectivity index (χ2n) is 3.05. The molecule has 0 saturated heterocycles. The van der Waals surface area contributed by atoms with E-state index in [0.717, 1.165) is 15.6 Å². The number of ether oxygens (including phenoxy) is 1. The predicted molar refractivity (Wildman–Crippen MR) is 64.8 cm³/mol. The fourth-order valence-electron chi connectivity index (χ4n) is 1.29. The van der Waals surface area contributed by atoms with Crippen LogP contribution in [0.15, 0.2) is 18.2 Å². The van der Waals surface area contributed by atoms with Gasteiger partial charge in [0.2, 0.25) is 0 Å². The van der Waals surface area contributed by atoms with Gasteiger partial charge in [0, 0.05) is 11.6 Å². The monoisotopic (exact) mass is 255 g/mol. The average molecular weight is 256 g/mol. The summed E-state index contributed by atoms with van der Waals surface area (Å²) in [5.41, 5.74) is 6.37. The van der Waals surface area contributed by atoms with Crippen LogP contribution < -0.4 is 10.5 Å². The number of rotatable bonds is 3. The number of hydrogen-bond acceptors (Lipinski definition) is 5. The molecule has 1 aromatic carbocycles. The average Bonchev–Trinajstić information content (AvgIpc) is 2.77. The molecule has 2 N–H and O–H groups in total. The molecule has 0 radical (unpaired) electrons. The molecule has 0 atom stereocenters. The molecule has 0 spiro atoms. The molecule has 1 aromatic heterocycles. The van der Waals surface area contributed by atoms with Crippen LogP contribution in [0.2, 0.25) is 5.02 Å². The Bertz CT molecular complexity index is 501. The van der Waals surface area contributed by atoms with E-state index >= 15 is 0 Å². The number of hydrogen-bond donors (Lipinski definition) is 1. The molecule has 0 fully saturated rings. The molecule has 0 aliphatic rings. The highest BCUT2D eigenvalue weighted by atomic mass is 35.5. The van der Waals surface area contributed by atoms with Crippen molar-refractivity contribution in [3.05, 3.63) is 28.2 Å². The van der Waals surface area contributed by atoms with Gasteiger partial charge in [0.15, 0.2) is 5.01 Å². The van der Waals surface area contributed by atoms with Crippen molar-refractivity contribution in [3.8, 4) is 16.3 Å². The Morgan fingerprint density at radius 1 is 1.44 bits per heavy atom. The van der Waals surface area contributed by atoms with Gasteiger partial charge >= 0.3 is 0 Å². The molecule has 0 aliphatic carbocycles. The van der Waals surface area contributed by atoms with E-state index < -0.39 is 0 Å². The van der Waals surface area contributed by atoms with E-state index in [1.807, 2.05) is 6.07 Å². The largest absolute Gasteiger partial charge is 0.496 e. The first-order chi connectivity index (χ1) is 7.74. The van der Waals surface area contributed by atoms with Crippen molar-refractivity contribution in [3.63, 3.8) is 0 Å². The fraction of sp³-hybridized carbons (Fsp3) is 0.200. The lowest BCUT2D eigenvalue weighted by Crippen LogP contribution is -1.94. The molecule has 0 unspecified atom stereocenters. The SMILES string of the molecule is COc1cc(Cl)ccc1-c1nnc(CN)s1. The maximum absolute atomic E-state index is 5.88. The van der Waals surface area contributed by atoms with E-state index in [1.54, 1.807) is 19.2 Å². The third-order valence-corrected chi connectivity index (χ3v) is 3.25. The zero-order valence-electron chi connectivity index (χ0n) is 8.61. The van der Waals surface area contributed by atoms with Crippen molar-refractivity contribution in [1.82, 2.24) is 10.2 Å². The Labute approximate surface area is 102 Å². The maximum Gasteiger partial charge on any atom is 0.151 e. The molecule has 0 aliphatic heterocycles. The minimum Gasteiger partial charge on any atom is -0.496 e. The minimum absolute atomic E-state index is 0.396. The second-order valence-corrected chi connectivity index (χ2v) is 4.55. The topological polar surface area (TPSA) is 61.0 Å². The summed E-state index contributed by atoms with van der Waals surface area (Å²) in [5, 5.41) is 10.2. The molecule has 0 saturated carbocycles. The van der Waals surface area contributed by atoms with Crippen LogP contribution in [0.5, 0.6) is 5.75 Å². The number of aromatic nitrogens is 2. The molecule has 16 heavy (non-hydrogen) atoms. The van der Waals surface area contributed by atoms with Crippen LogP contribution in [-0.2, 0) is 6.54 Å². The molecule has 0 bridgehead atoms. The van der Waals surface area contributed by atoms with Crippen molar-refractivity contribution in [2.45, 2.75) is 6.54 Å². The molecule has 2 aromatic rings. The molecule has 1 heterocycles. The normalized spacial score (nSPS) is 10.4. The summed E-state index contributed by atoms with van der Waals surface area (Å²) in [4.78, 5) is 0. The highest BCUT2D eigenvalue weighted by Crippen LogP contribution is 2.33. The number of benzene rings is 1. The van der Waals surface area contributed by atoms with Crippen molar-refractivity contribution >= 4 is 22.9 Å². The van der Waals surface area contributed by atoms with Crippen molar-refractivity contribution in [2.75, 3.05) is 7.11 Å². The molecule has 0 amide bonds. The van der Waals surface area contributed by atoms with Gasteiger partial charge < -0.3 is 10.5 Å². The van der Waals surface area contributed by atoms with Crippen LogP contribution in [0.4, 0.5) is 0 Å². The number of nitrogens with zero attached hydrogens (tertiary/aromatic N) is 2. The Kier molecular flexibility index (Phi) is 3.38. The van der Waals surface area contributed by atoms with E-state index in [-0.39, 0.29) is 0 Å². The quantitative estimate of drug-likeness (QED) is 0.914. The second kappa shape index (κ2) is 4.78. The van der Waals surface area contributed by atoms with E-state index in [4.69, 9.17) is 22.1 Å². The van der Waals surface area contributed by atoms with Gasteiger partial charge in [0.25, 0.3) is 0 Å². The first-order valence-corrected chi connectivity index (χ1v) is 5.80. The summed E-state index contributed by atoms with van der Waals surface area (Å²) in [6.07, 6.45) is 0. The summed E-state index contributed by atoms with van der Waals surface area (Å²) in [6, 6.07) is 5.41. The fourth-order valence-corrected chi connectivity index (χ4v) is 2.20. The van der Waals surface area contributed by atoms with E-state index in [1.165, 1.54) is 11.3 Å². The molecule has 2 rings (SSSR count). The summed E-state index contributed by atoms with van der Waals surface area (Å²) in [5.74, 6) is 0.687. The lowest BCUT2D eigenvalue weighted by molar-refractivity contribution is 0.416. The zero-order valence-corrected chi connectivity index (χ0v) is 10.2. The first-order valence-electron chi connectivity index (χ1n) is 4.61. The molecular weight excluding hydrogens is 246 g/mol. The van der Waals surface area contributed by atoms with Gasteiger partial charge in [0.05, 0.1) is 12.7 Å². The van der Waals surface area contributed by atoms with Crippen LogP contribution in [0.1, 0.15) is 5.01 Å². The Morgan fingerprint density at radius 3 is 2.88 bits per heavy atom. The van der Waals surface area contributed by atoms with Gasteiger partial charge in [-0.05, 0) is 18.2 Å². The first kappa shape index (κ1) is 11.3. The number of methoxy groups -OCH3 is 1. The molecular formula is C10H10ClN3OS. The molecule has 4 nitrogen and oxygen atoms in total. The van der Waals surface area contributed by atoms with Crippen LogP contribution >= 0.6 is 22.9 Å². The van der Waals surface area contributed by atoms with Gasteiger partial charge in [-0.25, -0.2) is 0 Å². The van der Waals surface area contributed by atoms with Crippen molar-refractivity contribution < 1.29 is 4.74 Å². The highest BCUT2D eigenvalue weighted by molar-refractivity contribution is 7.14. The predicted octanol–water partition coefficient (Wildman–Crippen LogP) is 2.33. The van der Waals surface area contributed by atoms with Crippen LogP contribution in [0, 0.1) is 0 Å². The van der Waals surface area contributed by atoms with Crippen molar-refractivity contribution in [1.29, 1.82) is 0 Å². The van der Waals surface area contributed by atoms with E-state index in [0.29, 0.717) is 17.3 Å². The van der Waals surface area contributed by atoms with Gasteiger partial charge in [-0.2, -0.15) is 0 Å². The lowest BCUT2D eigenvalue weighted by Gasteiger charge is -2.05. The maximum atomic E-state index is 5.88.